The maximum atomic E-state index is 11.3. The van der Waals surface area contributed by atoms with E-state index >= 15 is 0 Å². The molecule has 0 amide bonds. The van der Waals surface area contributed by atoms with Crippen LogP contribution in [-0.4, -0.2) is 26.0 Å². The number of carbonyl (C=O) groups is 1. The lowest BCUT2D eigenvalue weighted by molar-refractivity contribution is 0.0690. The number of rotatable bonds is 3. The van der Waals surface area contributed by atoms with Crippen molar-refractivity contribution in [3.05, 3.63) is 59.4 Å². The second kappa shape index (κ2) is 6.02. The van der Waals surface area contributed by atoms with Crippen molar-refractivity contribution in [2.24, 2.45) is 0 Å². The summed E-state index contributed by atoms with van der Waals surface area (Å²) < 4.78 is 0. The van der Waals surface area contributed by atoms with Crippen molar-refractivity contribution in [2.75, 3.05) is 5.73 Å². The average molecular weight is 327 g/mol. The van der Waals surface area contributed by atoms with Gasteiger partial charge in [0.2, 0.25) is 0 Å². The Kier molecular flexibility index (Phi) is 3.91. The van der Waals surface area contributed by atoms with E-state index < -0.39 is 5.97 Å². The zero-order chi connectivity index (χ0) is 16.4. The first kappa shape index (κ1) is 14.9. The molecule has 0 aliphatic rings. The first-order valence-electron chi connectivity index (χ1n) is 6.63. The normalized spacial score (nSPS) is 10.5. The Hall–Kier alpha value is -2.99. The van der Waals surface area contributed by atoms with E-state index in [2.05, 4.69) is 15.0 Å². The van der Waals surface area contributed by atoms with Crippen molar-refractivity contribution in [3.63, 3.8) is 0 Å². The van der Waals surface area contributed by atoms with Gasteiger partial charge in [0.25, 0.3) is 0 Å². The lowest BCUT2D eigenvalue weighted by atomic mass is 10.1. The lowest BCUT2D eigenvalue weighted by Crippen LogP contribution is -2.04. The minimum absolute atomic E-state index is 0.102. The monoisotopic (exact) mass is 326 g/mol. The molecular formula is C16H11ClN4O2. The summed E-state index contributed by atoms with van der Waals surface area (Å²) in [5.74, 6) is -0.560. The SMILES string of the molecule is Nc1cc(-c2nc(C(=O)O)cc(-c3ccc(Cl)cc3)n2)ccn1. The van der Waals surface area contributed by atoms with E-state index in [1.54, 1.807) is 36.4 Å². The van der Waals surface area contributed by atoms with Crippen LogP contribution >= 0.6 is 11.6 Å². The van der Waals surface area contributed by atoms with Crippen molar-refractivity contribution in [3.8, 4) is 22.6 Å². The van der Waals surface area contributed by atoms with Crippen molar-refractivity contribution in [1.29, 1.82) is 0 Å². The average Bonchev–Trinajstić information content (AvgIpc) is 2.55. The van der Waals surface area contributed by atoms with Crippen molar-refractivity contribution in [2.45, 2.75) is 0 Å². The number of nitrogens with two attached hydrogens (primary N) is 1. The van der Waals surface area contributed by atoms with Crippen LogP contribution in [0.4, 0.5) is 5.82 Å². The van der Waals surface area contributed by atoms with Crippen LogP contribution < -0.4 is 5.73 Å². The van der Waals surface area contributed by atoms with E-state index in [1.807, 2.05) is 0 Å². The molecule has 0 fully saturated rings. The van der Waals surface area contributed by atoms with Crippen molar-refractivity contribution >= 4 is 23.4 Å². The fourth-order valence-electron chi connectivity index (χ4n) is 2.04. The zero-order valence-corrected chi connectivity index (χ0v) is 12.5. The quantitative estimate of drug-likeness (QED) is 0.766. The molecule has 0 saturated heterocycles. The summed E-state index contributed by atoms with van der Waals surface area (Å²) in [7, 11) is 0. The molecule has 0 aliphatic heterocycles. The lowest BCUT2D eigenvalue weighted by Gasteiger charge is -2.07. The Labute approximate surface area is 136 Å². The summed E-state index contributed by atoms with van der Waals surface area (Å²) in [6.07, 6.45) is 1.52. The van der Waals surface area contributed by atoms with Gasteiger partial charge in [-0.3, -0.25) is 0 Å². The fourth-order valence-corrected chi connectivity index (χ4v) is 2.17. The molecule has 0 radical (unpaired) electrons. The van der Waals surface area contributed by atoms with Crippen LogP contribution in [0.3, 0.4) is 0 Å². The third-order valence-corrected chi connectivity index (χ3v) is 3.38. The minimum atomic E-state index is -1.13. The molecule has 0 bridgehead atoms. The van der Waals surface area contributed by atoms with Gasteiger partial charge in [0, 0.05) is 22.3 Å². The molecule has 2 aromatic heterocycles. The van der Waals surface area contributed by atoms with Gasteiger partial charge in [0.05, 0.1) is 5.69 Å². The van der Waals surface area contributed by atoms with E-state index in [0.29, 0.717) is 22.1 Å². The van der Waals surface area contributed by atoms with E-state index in [9.17, 15) is 9.90 Å². The fraction of sp³-hybridized carbons (Fsp3) is 0. The molecule has 114 valence electrons. The van der Waals surface area contributed by atoms with Crippen LogP contribution in [0.5, 0.6) is 0 Å². The minimum Gasteiger partial charge on any atom is -0.477 e. The Morgan fingerprint density at radius 3 is 2.43 bits per heavy atom. The number of carboxylic acid groups (broad SMARTS) is 1. The van der Waals surface area contributed by atoms with Gasteiger partial charge in [0.1, 0.15) is 5.82 Å². The van der Waals surface area contributed by atoms with Crippen LogP contribution in [0.25, 0.3) is 22.6 Å². The zero-order valence-electron chi connectivity index (χ0n) is 11.8. The van der Waals surface area contributed by atoms with Gasteiger partial charge in [-0.15, -0.1) is 0 Å². The number of anilines is 1. The highest BCUT2D eigenvalue weighted by Gasteiger charge is 2.13. The van der Waals surface area contributed by atoms with Gasteiger partial charge in [-0.1, -0.05) is 23.7 Å². The highest BCUT2D eigenvalue weighted by atomic mass is 35.5. The summed E-state index contributed by atoms with van der Waals surface area (Å²) in [6.45, 7) is 0. The van der Waals surface area contributed by atoms with E-state index in [1.165, 1.54) is 12.3 Å². The third kappa shape index (κ3) is 3.27. The number of nitrogens with zero attached hydrogens (tertiary/aromatic N) is 3. The predicted octanol–water partition coefficient (Wildman–Crippen LogP) is 3.14. The molecule has 3 aromatic rings. The molecule has 2 heterocycles. The van der Waals surface area contributed by atoms with Gasteiger partial charge in [0.15, 0.2) is 11.5 Å². The maximum Gasteiger partial charge on any atom is 0.354 e. The standard InChI is InChI=1S/C16H11ClN4O2/c17-11-3-1-9(2-4-11)12-8-13(16(22)23)21-15(20-12)10-5-6-19-14(18)7-10/h1-8H,(H2,18,19)(H,22,23). The summed E-state index contributed by atoms with van der Waals surface area (Å²) in [4.78, 5) is 23.7. The number of aromatic nitrogens is 3. The Morgan fingerprint density at radius 2 is 1.78 bits per heavy atom. The van der Waals surface area contributed by atoms with Crippen LogP contribution in [0.15, 0.2) is 48.7 Å². The molecule has 0 spiro atoms. The molecule has 23 heavy (non-hydrogen) atoms. The maximum absolute atomic E-state index is 11.3. The first-order chi connectivity index (χ1) is 11.0. The van der Waals surface area contributed by atoms with Gasteiger partial charge >= 0.3 is 5.97 Å². The van der Waals surface area contributed by atoms with Crippen LogP contribution in [0.1, 0.15) is 10.5 Å². The summed E-state index contributed by atoms with van der Waals surface area (Å²) in [5.41, 5.74) is 7.38. The highest BCUT2D eigenvalue weighted by Crippen LogP contribution is 2.24. The first-order valence-corrected chi connectivity index (χ1v) is 7.01. The third-order valence-electron chi connectivity index (χ3n) is 3.12. The van der Waals surface area contributed by atoms with Gasteiger partial charge in [-0.05, 0) is 30.3 Å². The number of aromatic carboxylic acids is 1. The number of hydrogen-bond donors (Lipinski definition) is 2. The van der Waals surface area contributed by atoms with Crippen molar-refractivity contribution < 1.29 is 9.90 Å². The summed E-state index contributed by atoms with van der Waals surface area (Å²) in [5, 5.41) is 9.86. The Balaban J connectivity index is 2.17. The summed E-state index contributed by atoms with van der Waals surface area (Å²) >= 11 is 5.88. The largest absolute Gasteiger partial charge is 0.477 e. The van der Waals surface area contributed by atoms with E-state index in [-0.39, 0.29) is 11.5 Å². The second-order valence-electron chi connectivity index (χ2n) is 4.74. The molecule has 0 saturated carbocycles. The second-order valence-corrected chi connectivity index (χ2v) is 5.18. The molecule has 0 unspecified atom stereocenters. The number of carboxylic acids is 1. The van der Waals surface area contributed by atoms with Crippen LogP contribution in [0.2, 0.25) is 5.02 Å². The number of nitrogen functional groups attached to an aromatic ring is 1. The number of halogens is 1. The molecule has 3 N–H and O–H groups in total. The molecule has 1 aromatic carbocycles. The predicted molar refractivity (Wildman–Crippen MR) is 87.1 cm³/mol. The topological polar surface area (TPSA) is 102 Å². The molecule has 0 aliphatic carbocycles. The van der Waals surface area contributed by atoms with Crippen LogP contribution in [0, 0.1) is 0 Å². The number of pyridine rings is 1. The van der Waals surface area contributed by atoms with Gasteiger partial charge < -0.3 is 10.8 Å². The molecule has 7 heteroatoms. The molecule has 6 nitrogen and oxygen atoms in total. The van der Waals surface area contributed by atoms with Gasteiger partial charge in [-0.25, -0.2) is 19.7 Å². The highest BCUT2D eigenvalue weighted by molar-refractivity contribution is 6.30. The van der Waals surface area contributed by atoms with E-state index in [4.69, 9.17) is 17.3 Å². The Morgan fingerprint density at radius 1 is 1.04 bits per heavy atom. The number of hydrogen-bond acceptors (Lipinski definition) is 5. The van der Waals surface area contributed by atoms with E-state index in [0.717, 1.165) is 5.56 Å². The number of benzene rings is 1. The smallest absolute Gasteiger partial charge is 0.354 e. The molecule has 3 rings (SSSR count). The molecule has 0 atom stereocenters. The van der Waals surface area contributed by atoms with Crippen molar-refractivity contribution in [1.82, 2.24) is 15.0 Å². The van der Waals surface area contributed by atoms with Crippen LogP contribution in [-0.2, 0) is 0 Å². The molecular weight excluding hydrogens is 316 g/mol. The van der Waals surface area contributed by atoms with Gasteiger partial charge in [-0.2, -0.15) is 0 Å². The Bertz CT molecular complexity index is 882. The summed E-state index contributed by atoms with van der Waals surface area (Å²) in [6, 6.07) is 11.6.